The summed E-state index contributed by atoms with van der Waals surface area (Å²) in [6.07, 6.45) is 7.79. The van der Waals surface area contributed by atoms with Crippen molar-refractivity contribution in [2.24, 2.45) is 5.10 Å². The Morgan fingerprint density at radius 3 is 2.82 bits per heavy atom. The van der Waals surface area contributed by atoms with Crippen LogP contribution in [0, 0.1) is 0 Å². The third kappa shape index (κ3) is 2.07. The number of hydrogen-bond acceptors (Lipinski definition) is 2. The zero-order chi connectivity index (χ0) is 8.10. The van der Waals surface area contributed by atoms with E-state index in [1.54, 1.807) is 0 Å². The van der Waals surface area contributed by atoms with E-state index < -0.39 is 0 Å². The largest absolute Gasteiger partial charge is 0.270 e. The van der Waals surface area contributed by atoms with Gasteiger partial charge in [-0.15, -0.1) is 0 Å². The molecule has 0 saturated carbocycles. The Morgan fingerprint density at radius 1 is 1.36 bits per heavy atom. The molecular formula is C9H16N2. The molecule has 0 unspecified atom stereocenters. The summed E-state index contributed by atoms with van der Waals surface area (Å²) >= 11 is 0. The Labute approximate surface area is 68.6 Å². The molecule has 1 saturated heterocycles. The van der Waals surface area contributed by atoms with Crippen molar-refractivity contribution in [3.63, 3.8) is 0 Å². The van der Waals surface area contributed by atoms with Crippen molar-refractivity contribution in [1.29, 1.82) is 0 Å². The summed E-state index contributed by atoms with van der Waals surface area (Å²) in [6, 6.07) is 0. The van der Waals surface area contributed by atoms with Gasteiger partial charge in [0.1, 0.15) is 0 Å². The zero-order valence-electron chi connectivity index (χ0n) is 7.38. The second kappa shape index (κ2) is 4.16. The smallest absolute Gasteiger partial charge is 0.0412 e. The maximum atomic E-state index is 4.28. The summed E-state index contributed by atoms with van der Waals surface area (Å²) in [5.74, 6) is 0. The van der Waals surface area contributed by atoms with Crippen molar-refractivity contribution in [3.8, 4) is 0 Å². The molecule has 0 aromatic rings. The standard InChI is InChI=1S/C9H16N2/c1-3-9-7-5-6-8-11(9)10-4-2/h3-4H,5-8H2,1-2H3/b9-3-,10-4-. The maximum absolute atomic E-state index is 4.28. The van der Waals surface area contributed by atoms with E-state index in [4.69, 9.17) is 0 Å². The molecule has 0 aromatic carbocycles. The van der Waals surface area contributed by atoms with Gasteiger partial charge < -0.3 is 0 Å². The van der Waals surface area contributed by atoms with Crippen LogP contribution in [0.3, 0.4) is 0 Å². The van der Waals surface area contributed by atoms with Crippen LogP contribution in [0.25, 0.3) is 0 Å². The van der Waals surface area contributed by atoms with Gasteiger partial charge in [-0.25, -0.2) is 0 Å². The fourth-order valence-corrected chi connectivity index (χ4v) is 1.40. The molecule has 1 aliphatic rings. The molecule has 0 bridgehead atoms. The molecule has 62 valence electrons. The summed E-state index contributed by atoms with van der Waals surface area (Å²) in [5.41, 5.74) is 1.37. The van der Waals surface area contributed by atoms with Crippen LogP contribution in [0.1, 0.15) is 33.1 Å². The minimum absolute atomic E-state index is 1.09. The SMILES string of the molecule is C/C=N\N1CCCC/C1=C/C. The van der Waals surface area contributed by atoms with Crippen molar-refractivity contribution in [2.45, 2.75) is 33.1 Å². The predicted octanol–water partition coefficient (Wildman–Crippen LogP) is 2.38. The van der Waals surface area contributed by atoms with E-state index in [1.807, 2.05) is 13.1 Å². The quantitative estimate of drug-likeness (QED) is 0.527. The fraction of sp³-hybridized carbons (Fsp3) is 0.667. The Bertz CT molecular complexity index is 170. The lowest BCUT2D eigenvalue weighted by Crippen LogP contribution is -2.22. The fourth-order valence-electron chi connectivity index (χ4n) is 1.40. The van der Waals surface area contributed by atoms with Crippen LogP contribution in [0.15, 0.2) is 16.9 Å². The highest BCUT2D eigenvalue weighted by molar-refractivity contribution is 5.52. The first-order valence-electron chi connectivity index (χ1n) is 4.29. The Morgan fingerprint density at radius 2 is 2.18 bits per heavy atom. The van der Waals surface area contributed by atoms with Crippen molar-refractivity contribution in [1.82, 2.24) is 5.01 Å². The summed E-state index contributed by atoms with van der Waals surface area (Å²) in [5, 5.41) is 6.38. The van der Waals surface area contributed by atoms with Crippen LogP contribution in [0.5, 0.6) is 0 Å². The third-order valence-electron chi connectivity index (χ3n) is 1.97. The molecule has 1 rings (SSSR count). The second-order valence-corrected chi connectivity index (χ2v) is 2.73. The Balaban J connectivity index is 2.59. The van der Waals surface area contributed by atoms with E-state index in [-0.39, 0.29) is 0 Å². The molecule has 0 amide bonds. The first-order chi connectivity index (χ1) is 5.38. The molecule has 0 radical (unpaired) electrons. The number of hydrogen-bond donors (Lipinski definition) is 0. The molecule has 1 aliphatic heterocycles. The van der Waals surface area contributed by atoms with E-state index >= 15 is 0 Å². The number of hydrazone groups is 1. The van der Waals surface area contributed by atoms with Crippen molar-refractivity contribution in [3.05, 3.63) is 11.8 Å². The minimum atomic E-state index is 1.09. The van der Waals surface area contributed by atoms with Gasteiger partial charge in [0.2, 0.25) is 0 Å². The van der Waals surface area contributed by atoms with Gasteiger partial charge in [0.25, 0.3) is 0 Å². The lowest BCUT2D eigenvalue weighted by molar-refractivity contribution is 0.304. The van der Waals surface area contributed by atoms with Gasteiger partial charge in [-0.3, -0.25) is 5.01 Å². The van der Waals surface area contributed by atoms with Crippen LogP contribution in [0.4, 0.5) is 0 Å². The van der Waals surface area contributed by atoms with Crippen LogP contribution in [0.2, 0.25) is 0 Å². The Kier molecular flexibility index (Phi) is 3.14. The van der Waals surface area contributed by atoms with Gasteiger partial charge in [-0.2, -0.15) is 5.10 Å². The highest BCUT2D eigenvalue weighted by Gasteiger charge is 2.11. The van der Waals surface area contributed by atoms with E-state index in [0.29, 0.717) is 0 Å². The molecule has 0 N–H and O–H groups in total. The molecule has 0 spiro atoms. The summed E-state index contributed by atoms with van der Waals surface area (Å²) in [4.78, 5) is 0. The van der Waals surface area contributed by atoms with Crippen molar-refractivity contribution < 1.29 is 0 Å². The average molecular weight is 152 g/mol. The van der Waals surface area contributed by atoms with Gasteiger partial charge in [-0.1, -0.05) is 6.08 Å². The Hall–Kier alpha value is -0.790. The first-order valence-corrected chi connectivity index (χ1v) is 4.29. The van der Waals surface area contributed by atoms with Gasteiger partial charge in [0.15, 0.2) is 0 Å². The lowest BCUT2D eigenvalue weighted by atomic mass is 10.1. The topological polar surface area (TPSA) is 15.6 Å². The summed E-state index contributed by atoms with van der Waals surface area (Å²) in [6.45, 7) is 5.13. The zero-order valence-corrected chi connectivity index (χ0v) is 7.38. The normalized spacial score (nSPS) is 23.5. The van der Waals surface area contributed by atoms with Gasteiger partial charge in [0.05, 0.1) is 0 Å². The molecule has 2 heteroatoms. The summed E-state index contributed by atoms with van der Waals surface area (Å²) < 4.78 is 0. The molecule has 11 heavy (non-hydrogen) atoms. The van der Waals surface area contributed by atoms with E-state index in [0.717, 1.165) is 6.54 Å². The molecule has 1 heterocycles. The van der Waals surface area contributed by atoms with E-state index in [9.17, 15) is 0 Å². The molecule has 2 nitrogen and oxygen atoms in total. The van der Waals surface area contributed by atoms with Crippen molar-refractivity contribution >= 4 is 6.21 Å². The molecule has 0 aromatic heterocycles. The van der Waals surface area contributed by atoms with Gasteiger partial charge in [0, 0.05) is 18.5 Å². The molecule has 1 fully saturated rings. The maximum Gasteiger partial charge on any atom is 0.0412 e. The van der Waals surface area contributed by atoms with Crippen LogP contribution < -0.4 is 0 Å². The minimum Gasteiger partial charge on any atom is -0.270 e. The van der Waals surface area contributed by atoms with Gasteiger partial charge in [-0.05, 0) is 33.1 Å². The number of nitrogens with zero attached hydrogens (tertiary/aromatic N) is 2. The van der Waals surface area contributed by atoms with Gasteiger partial charge >= 0.3 is 0 Å². The molecular weight excluding hydrogens is 136 g/mol. The second-order valence-electron chi connectivity index (χ2n) is 2.73. The van der Waals surface area contributed by atoms with E-state index in [1.165, 1.54) is 25.0 Å². The average Bonchev–Trinajstić information content (AvgIpc) is 2.06. The number of rotatable bonds is 1. The highest BCUT2D eigenvalue weighted by atomic mass is 15.5. The monoisotopic (exact) mass is 152 g/mol. The van der Waals surface area contributed by atoms with E-state index in [2.05, 4.69) is 23.1 Å². The van der Waals surface area contributed by atoms with Crippen molar-refractivity contribution in [2.75, 3.05) is 6.54 Å². The third-order valence-corrected chi connectivity index (χ3v) is 1.97. The van der Waals surface area contributed by atoms with Crippen LogP contribution >= 0.6 is 0 Å². The predicted molar refractivity (Wildman–Crippen MR) is 48.5 cm³/mol. The van der Waals surface area contributed by atoms with Crippen LogP contribution in [-0.4, -0.2) is 17.8 Å². The highest BCUT2D eigenvalue weighted by Crippen LogP contribution is 2.19. The van der Waals surface area contributed by atoms with Crippen LogP contribution in [-0.2, 0) is 0 Å². The number of allylic oxidation sites excluding steroid dienone is 2. The lowest BCUT2D eigenvalue weighted by Gasteiger charge is -2.26. The summed E-state index contributed by atoms with van der Waals surface area (Å²) in [7, 11) is 0. The molecule has 0 atom stereocenters. The number of piperidine rings is 1. The molecule has 0 aliphatic carbocycles. The first kappa shape index (κ1) is 8.31.